The van der Waals surface area contributed by atoms with Crippen LogP contribution in [0.4, 0.5) is 5.82 Å². The second kappa shape index (κ2) is 5.45. The van der Waals surface area contributed by atoms with E-state index in [-0.39, 0.29) is 5.92 Å². The van der Waals surface area contributed by atoms with E-state index in [0.29, 0.717) is 11.9 Å². The minimum Gasteiger partial charge on any atom is -0.367 e. The number of aromatic nitrogens is 3. The van der Waals surface area contributed by atoms with E-state index in [2.05, 4.69) is 32.6 Å². The maximum absolute atomic E-state index is 5.31. The molecule has 0 saturated heterocycles. The fourth-order valence-electron chi connectivity index (χ4n) is 2.17. The van der Waals surface area contributed by atoms with Gasteiger partial charge >= 0.3 is 0 Å². The van der Waals surface area contributed by atoms with Crippen LogP contribution >= 0.6 is 0 Å². The van der Waals surface area contributed by atoms with Crippen LogP contribution in [-0.4, -0.2) is 21.2 Å². The average molecular weight is 270 g/mol. The molecule has 0 bridgehead atoms. The first kappa shape index (κ1) is 12.8. The molecule has 3 rings (SSSR count). The second-order valence-electron chi connectivity index (χ2n) is 5.33. The molecular formula is C15H18N4O. The van der Waals surface area contributed by atoms with E-state index in [4.69, 9.17) is 4.52 Å². The first-order valence-corrected chi connectivity index (χ1v) is 6.94. The molecule has 1 aliphatic rings. The normalized spacial score (nSPS) is 15.2. The molecule has 0 aliphatic heterocycles. The van der Waals surface area contributed by atoms with Crippen LogP contribution in [0.5, 0.6) is 0 Å². The van der Waals surface area contributed by atoms with Gasteiger partial charge < -0.3 is 9.84 Å². The van der Waals surface area contributed by atoms with Gasteiger partial charge in [0.1, 0.15) is 5.82 Å². The number of hydrogen-bond acceptors (Lipinski definition) is 5. The van der Waals surface area contributed by atoms with Crippen molar-refractivity contribution in [2.45, 2.75) is 38.6 Å². The molecule has 0 aromatic carbocycles. The summed E-state index contributed by atoms with van der Waals surface area (Å²) in [6.07, 6.45) is 8.23. The third-order valence-corrected chi connectivity index (χ3v) is 3.32. The zero-order valence-corrected chi connectivity index (χ0v) is 11.7. The van der Waals surface area contributed by atoms with Crippen LogP contribution in [0.2, 0.25) is 0 Å². The Morgan fingerprint density at radius 3 is 2.80 bits per heavy atom. The van der Waals surface area contributed by atoms with Crippen molar-refractivity contribution in [3.8, 4) is 11.5 Å². The minimum atomic E-state index is 0.261. The maximum atomic E-state index is 5.31. The summed E-state index contributed by atoms with van der Waals surface area (Å²) in [5.74, 6) is 2.38. The Kier molecular flexibility index (Phi) is 3.50. The minimum absolute atomic E-state index is 0.261. The Hall–Kier alpha value is -2.17. The van der Waals surface area contributed by atoms with Gasteiger partial charge in [-0.2, -0.15) is 4.98 Å². The summed E-state index contributed by atoms with van der Waals surface area (Å²) in [6, 6.07) is 4.28. The predicted molar refractivity (Wildman–Crippen MR) is 77.4 cm³/mol. The van der Waals surface area contributed by atoms with E-state index in [0.717, 1.165) is 30.0 Å². The molecule has 2 heterocycles. The lowest BCUT2D eigenvalue weighted by Gasteiger charge is -2.12. The second-order valence-corrected chi connectivity index (χ2v) is 5.33. The largest absolute Gasteiger partial charge is 0.367 e. The van der Waals surface area contributed by atoms with Crippen molar-refractivity contribution >= 4 is 5.82 Å². The zero-order chi connectivity index (χ0) is 13.9. The smallest absolute Gasteiger partial charge is 0.258 e. The third kappa shape index (κ3) is 2.71. The molecule has 1 N–H and O–H groups in total. The first-order chi connectivity index (χ1) is 9.72. The van der Waals surface area contributed by atoms with Crippen LogP contribution in [0.1, 0.15) is 38.4 Å². The zero-order valence-electron chi connectivity index (χ0n) is 11.7. The fraction of sp³-hybridized carbons (Fsp3) is 0.400. The van der Waals surface area contributed by atoms with Crippen molar-refractivity contribution < 1.29 is 4.52 Å². The van der Waals surface area contributed by atoms with Gasteiger partial charge in [0.15, 0.2) is 5.82 Å². The molecule has 1 aliphatic carbocycles. The Balaban J connectivity index is 1.79. The highest BCUT2D eigenvalue weighted by molar-refractivity contribution is 5.58. The quantitative estimate of drug-likeness (QED) is 0.863. The van der Waals surface area contributed by atoms with E-state index >= 15 is 0 Å². The molecule has 5 heteroatoms. The molecule has 2 aromatic rings. The monoisotopic (exact) mass is 270 g/mol. The molecular weight excluding hydrogens is 252 g/mol. The molecule has 0 amide bonds. The standard InChI is InChI=1S/C15H18N4O/c1-10(2)14-18-15(20-19-14)11-7-8-16-13(9-11)17-12-5-3-4-6-12/h3-4,7-10,12H,5-6H2,1-2H3,(H,16,17). The molecule has 0 spiro atoms. The third-order valence-electron chi connectivity index (χ3n) is 3.32. The van der Waals surface area contributed by atoms with Crippen molar-refractivity contribution in [3.05, 3.63) is 36.3 Å². The summed E-state index contributed by atoms with van der Waals surface area (Å²) in [7, 11) is 0. The number of rotatable bonds is 4. The molecule has 0 saturated carbocycles. The lowest BCUT2D eigenvalue weighted by atomic mass is 10.2. The van der Waals surface area contributed by atoms with Crippen molar-refractivity contribution in [3.63, 3.8) is 0 Å². The highest BCUT2D eigenvalue weighted by Crippen LogP contribution is 2.23. The molecule has 0 radical (unpaired) electrons. The molecule has 0 fully saturated rings. The van der Waals surface area contributed by atoms with E-state index in [1.807, 2.05) is 26.0 Å². The van der Waals surface area contributed by atoms with Gasteiger partial charge in [-0.25, -0.2) is 4.98 Å². The van der Waals surface area contributed by atoms with Crippen LogP contribution in [0.3, 0.4) is 0 Å². The summed E-state index contributed by atoms with van der Waals surface area (Å²) < 4.78 is 5.31. The van der Waals surface area contributed by atoms with E-state index < -0.39 is 0 Å². The molecule has 2 aromatic heterocycles. The van der Waals surface area contributed by atoms with Gasteiger partial charge in [-0.1, -0.05) is 31.2 Å². The Labute approximate surface area is 118 Å². The van der Waals surface area contributed by atoms with Crippen molar-refractivity contribution in [2.75, 3.05) is 5.32 Å². The van der Waals surface area contributed by atoms with Crippen LogP contribution in [0.15, 0.2) is 35.0 Å². The fourth-order valence-corrected chi connectivity index (χ4v) is 2.17. The Morgan fingerprint density at radius 1 is 1.30 bits per heavy atom. The van der Waals surface area contributed by atoms with Crippen molar-refractivity contribution in [1.82, 2.24) is 15.1 Å². The van der Waals surface area contributed by atoms with E-state index in [1.165, 1.54) is 0 Å². The van der Waals surface area contributed by atoms with Crippen LogP contribution in [0.25, 0.3) is 11.5 Å². The SMILES string of the molecule is CC(C)c1noc(-c2ccnc(NC3CC=CC3)c2)n1. The summed E-state index contributed by atoms with van der Waals surface area (Å²) in [5.41, 5.74) is 0.896. The van der Waals surface area contributed by atoms with Gasteiger partial charge in [0, 0.05) is 23.7 Å². The summed E-state index contributed by atoms with van der Waals surface area (Å²) >= 11 is 0. The highest BCUT2D eigenvalue weighted by atomic mass is 16.5. The number of hydrogen-bond donors (Lipinski definition) is 1. The van der Waals surface area contributed by atoms with Crippen LogP contribution in [-0.2, 0) is 0 Å². The molecule has 20 heavy (non-hydrogen) atoms. The lowest BCUT2D eigenvalue weighted by Crippen LogP contribution is -2.15. The summed E-state index contributed by atoms with van der Waals surface area (Å²) in [5, 5.41) is 7.41. The topological polar surface area (TPSA) is 63.8 Å². The number of pyridine rings is 1. The van der Waals surface area contributed by atoms with Crippen molar-refractivity contribution in [2.24, 2.45) is 0 Å². The number of nitrogens with zero attached hydrogens (tertiary/aromatic N) is 3. The molecule has 104 valence electrons. The molecule has 0 atom stereocenters. The van der Waals surface area contributed by atoms with E-state index in [1.54, 1.807) is 6.20 Å². The van der Waals surface area contributed by atoms with Crippen molar-refractivity contribution in [1.29, 1.82) is 0 Å². The summed E-state index contributed by atoms with van der Waals surface area (Å²) in [6.45, 7) is 4.09. The van der Waals surface area contributed by atoms with Gasteiger partial charge in [-0.15, -0.1) is 0 Å². The average Bonchev–Trinajstić information content (AvgIpc) is 3.09. The Bertz CT molecular complexity index is 610. The number of nitrogens with one attached hydrogen (secondary N) is 1. The van der Waals surface area contributed by atoms with Gasteiger partial charge in [0.2, 0.25) is 0 Å². The Morgan fingerprint density at radius 2 is 2.10 bits per heavy atom. The predicted octanol–water partition coefficient (Wildman–Crippen LogP) is 3.39. The lowest BCUT2D eigenvalue weighted by molar-refractivity contribution is 0.419. The maximum Gasteiger partial charge on any atom is 0.258 e. The van der Waals surface area contributed by atoms with Crippen LogP contribution < -0.4 is 5.32 Å². The van der Waals surface area contributed by atoms with Gasteiger partial charge in [-0.05, 0) is 25.0 Å². The van der Waals surface area contributed by atoms with Crippen LogP contribution in [0, 0.1) is 0 Å². The highest BCUT2D eigenvalue weighted by Gasteiger charge is 2.14. The molecule has 5 nitrogen and oxygen atoms in total. The van der Waals surface area contributed by atoms with Gasteiger partial charge in [0.05, 0.1) is 0 Å². The van der Waals surface area contributed by atoms with Gasteiger partial charge in [0.25, 0.3) is 5.89 Å². The first-order valence-electron chi connectivity index (χ1n) is 6.94. The summed E-state index contributed by atoms with van der Waals surface area (Å²) in [4.78, 5) is 8.75. The van der Waals surface area contributed by atoms with Gasteiger partial charge in [-0.3, -0.25) is 0 Å². The number of anilines is 1. The molecule has 0 unspecified atom stereocenters. The van der Waals surface area contributed by atoms with E-state index in [9.17, 15) is 0 Å².